The molecule has 9 heteroatoms. The average molecular weight is 397 g/mol. The van der Waals surface area contributed by atoms with Gasteiger partial charge in [0.15, 0.2) is 5.78 Å². The lowest BCUT2D eigenvalue weighted by molar-refractivity contribution is 0.0942. The maximum Gasteiger partial charge on any atom is 0.269 e. The molecular weight excluding hydrogens is 380 g/mol. The normalized spacial score (nSPS) is 11.6. The van der Waals surface area contributed by atoms with Gasteiger partial charge in [-0.05, 0) is 31.2 Å². The number of carbonyl (C=O) groups is 2. The summed E-state index contributed by atoms with van der Waals surface area (Å²) in [5, 5.41) is 23.0. The summed E-state index contributed by atoms with van der Waals surface area (Å²) in [4.78, 5) is 23.4. The zero-order chi connectivity index (χ0) is 20.3. The second-order valence-corrected chi connectivity index (χ2v) is 6.68. The van der Waals surface area contributed by atoms with Gasteiger partial charge in [-0.2, -0.15) is 15.5 Å². The summed E-state index contributed by atoms with van der Waals surface area (Å²) >= 11 is 6.08. The summed E-state index contributed by atoms with van der Waals surface area (Å²) in [5.41, 5.74) is 2.37. The highest BCUT2D eigenvalue weighted by Crippen LogP contribution is 2.24. The lowest BCUT2D eigenvalue weighted by Gasteiger charge is -2.13. The largest absolute Gasteiger partial charge is 0.349 e. The van der Waals surface area contributed by atoms with Gasteiger partial charge in [0, 0.05) is 25.2 Å². The van der Waals surface area contributed by atoms with Crippen molar-refractivity contribution >= 4 is 23.3 Å². The number of hydrogen-bond acceptors (Lipinski definition) is 5. The summed E-state index contributed by atoms with van der Waals surface area (Å²) in [6.07, 6.45) is 1.81. The molecule has 0 aliphatic rings. The van der Waals surface area contributed by atoms with Crippen LogP contribution in [0.1, 0.15) is 46.4 Å². The fourth-order valence-electron chi connectivity index (χ4n) is 2.55. The third kappa shape index (κ3) is 4.10. The van der Waals surface area contributed by atoms with E-state index in [-0.39, 0.29) is 29.1 Å². The van der Waals surface area contributed by atoms with E-state index in [9.17, 15) is 9.59 Å². The van der Waals surface area contributed by atoms with E-state index in [2.05, 4.69) is 20.6 Å². The SMILES string of the molecule is CC(=O)c1cc(C(=O)NC[C@@H](C)n2ccc(-c3ccc(C#N)c(Cl)c3)n2)[nH]n1. The van der Waals surface area contributed by atoms with Gasteiger partial charge in [-0.15, -0.1) is 0 Å². The van der Waals surface area contributed by atoms with Gasteiger partial charge < -0.3 is 5.32 Å². The van der Waals surface area contributed by atoms with Crippen LogP contribution in [0.25, 0.3) is 11.3 Å². The van der Waals surface area contributed by atoms with E-state index in [1.807, 2.05) is 25.3 Å². The Bertz CT molecular complexity index is 1080. The summed E-state index contributed by atoms with van der Waals surface area (Å²) in [6, 6.07) is 10.3. The first-order chi connectivity index (χ1) is 13.4. The number of halogens is 1. The van der Waals surface area contributed by atoms with Crippen LogP contribution >= 0.6 is 11.6 Å². The predicted molar refractivity (Wildman–Crippen MR) is 103 cm³/mol. The van der Waals surface area contributed by atoms with Gasteiger partial charge in [-0.3, -0.25) is 19.4 Å². The van der Waals surface area contributed by atoms with E-state index in [1.165, 1.54) is 13.0 Å². The van der Waals surface area contributed by atoms with Crippen molar-refractivity contribution in [3.63, 3.8) is 0 Å². The highest BCUT2D eigenvalue weighted by Gasteiger charge is 2.14. The summed E-state index contributed by atoms with van der Waals surface area (Å²) < 4.78 is 1.73. The standard InChI is InChI=1S/C19H17ClN6O2/c1-11(10-22-19(28)18-8-17(12(2)27)23-24-18)26-6-5-16(25-26)13-3-4-14(9-21)15(20)7-13/h3-8,11H,10H2,1-2H3,(H,22,28)(H,23,24)/t11-/m1/s1. The minimum atomic E-state index is -0.349. The molecule has 8 nitrogen and oxygen atoms in total. The lowest BCUT2D eigenvalue weighted by Crippen LogP contribution is -2.30. The van der Waals surface area contributed by atoms with E-state index in [1.54, 1.807) is 22.9 Å². The number of carbonyl (C=O) groups excluding carboxylic acids is 2. The molecule has 0 aliphatic heterocycles. The quantitative estimate of drug-likeness (QED) is 0.621. The van der Waals surface area contributed by atoms with Gasteiger partial charge >= 0.3 is 0 Å². The number of aromatic amines is 1. The van der Waals surface area contributed by atoms with Crippen LogP contribution in [0, 0.1) is 11.3 Å². The molecule has 2 aromatic heterocycles. The topological polar surface area (TPSA) is 116 Å². The lowest BCUT2D eigenvalue weighted by atomic mass is 10.1. The number of Topliss-reactive ketones (excluding diaryl/α,β-unsaturated/α-hetero) is 1. The number of nitriles is 1. The second-order valence-electron chi connectivity index (χ2n) is 6.27. The molecule has 2 N–H and O–H groups in total. The van der Waals surface area contributed by atoms with E-state index in [0.29, 0.717) is 22.8 Å². The number of nitrogens with zero attached hydrogens (tertiary/aromatic N) is 4. The van der Waals surface area contributed by atoms with Crippen molar-refractivity contribution in [2.75, 3.05) is 6.54 Å². The fraction of sp³-hybridized carbons (Fsp3) is 0.211. The second kappa shape index (κ2) is 8.06. The number of benzene rings is 1. The Labute approximate surface area is 166 Å². The maximum atomic E-state index is 12.2. The van der Waals surface area contributed by atoms with E-state index in [4.69, 9.17) is 16.9 Å². The number of nitrogens with one attached hydrogen (secondary N) is 2. The van der Waals surface area contributed by atoms with Gasteiger partial charge in [-0.25, -0.2) is 0 Å². The molecule has 0 saturated carbocycles. The minimum Gasteiger partial charge on any atom is -0.349 e. The smallest absolute Gasteiger partial charge is 0.269 e. The Hall–Kier alpha value is -3.44. The van der Waals surface area contributed by atoms with Crippen molar-refractivity contribution in [2.24, 2.45) is 0 Å². The number of amides is 1. The van der Waals surface area contributed by atoms with Gasteiger partial charge in [0.1, 0.15) is 17.5 Å². The molecule has 3 aromatic rings. The van der Waals surface area contributed by atoms with Crippen LogP contribution < -0.4 is 5.32 Å². The van der Waals surface area contributed by atoms with Crippen molar-refractivity contribution in [1.29, 1.82) is 5.26 Å². The molecule has 0 bridgehead atoms. The van der Waals surface area contributed by atoms with Crippen molar-refractivity contribution < 1.29 is 9.59 Å². The Kier molecular flexibility index (Phi) is 5.57. The molecule has 28 heavy (non-hydrogen) atoms. The highest BCUT2D eigenvalue weighted by atomic mass is 35.5. The fourth-order valence-corrected chi connectivity index (χ4v) is 2.77. The summed E-state index contributed by atoms with van der Waals surface area (Å²) in [7, 11) is 0. The maximum absolute atomic E-state index is 12.2. The molecule has 1 atom stereocenters. The molecule has 0 aliphatic carbocycles. The molecule has 0 fully saturated rings. The Morgan fingerprint density at radius 3 is 2.79 bits per heavy atom. The zero-order valence-electron chi connectivity index (χ0n) is 15.2. The van der Waals surface area contributed by atoms with Crippen LogP contribution in [-0.2, 0) is 0 Å². The van der Waals surface area contributed by atoms with Crippen LogP contribution in [0.3, 0.4) is 0 Å². The van der Waals surface area contributed by atoms with Crippen LogP contribution in [-0.4, -0.2) is 38.2 Å². The van der Waals surface area contributed by atoms with Crippen molar-refractivity contribution in [2.45, 2.75) is 19.9 Å². The monoisotopic (exact) mass is 396 g/mol. The van der Waals surface area contributed by atoms with Crippen molar-refractivity contribution in [3.05, 3.63) is 58.5 Å². The Balaban J connectivity index is 1.64. The number of H-pyrrole nitrogens is 1. The van der Waals surface area contributed by atoms with Gasteiger partial charge in [0.05, 0.1) is 22.3 Å². The first-order valence-corrected chi connectivity index (χ1v) is 8.86. The molecule has 1 aromatic carbocycles. The van der Waals surface area contributed by atoms with Crippen LogP contribution in [0.15, 0.2) is 36.5 Å². The highest BCUT2D eigenvalue weighted by molar-refractivity contribution is 6.32. The van der Waals surface area contributed by atoms with Crippen molar-refractivity contribution in [1.82, 2.24) is 25.3 Å². The third-order valence-corrected chi connectivity index (χ3v) is 4.50. The molecule has 0 saturated heterocycles. The first kappa shape index (κ1) is 19.3. The van der Waals surface area contributed by atoms with Crippen LogP contribution in [0.4, 0.5) is 0 Å². The molecule has 3 rings (SSSR count). The minimum absolute atomic E-state index is 0.109. The molecule has 2 heterocycles. The van der Waals surface area contributed by atoms with Crippen LogP contribution in [0.5, 0.6) is 0 Å². The van der Waals surface area contributed by atoms with Gasteiger partial charge in [-0.1, -0.05) is 17.7 Å². The van der Waals surface area contributed by atoms with Crippen LogP contribution in [0.2, 0.25) is 5.02 Å². The molecule has 0 radical (unpaired) electrons. The predicted octanol–water partition coefficient (Wildman–Crippen LogP) is 2.99. The average Bonchev–Trinajstić information content (AvgIpc) is 3.35. The van der Waals surface area contributed by atoms with E-state index >= 15 is 0 Å². The zero-order valence-corrected chi connectivity index (χ0v) is 16.0. The van der Waals surface area contributed by atoms with Crippen molar-refractivity contribution in [3.8, 4) is 17.3 Å². The Morgan fingerprint density at radius 2 is 2.14 bits per heavy atom. The molecule has 1 amide bonds. The Morgan fingerprint density at radius 1 is 1.36 bits per heavy atom. The number of ketones is 1. The number of aromatic nitrogens is 4. The molecule has 0 spiro atoms. The van der Waals surface area contributed by atoms with Gasteiger partial charge in [0.25, 0.3) is 5.91 Å². The first-order valence-electron chi connectivity index (χ1n) is 8.48. The number of rotatable bonds is 6. The molecule has 0 unspecified atom stereocenters. The van der Waals surface area contributed by atoms with E-state index in [0.717, 1.165) is 5.56 Å². The number of hydrogen-bond donors (Lipinski definition) is 2. The summed E-state index contributed by atoms with van der Waals surface area (Å²) in [5.74, 6) is -0.561. The third-order valence-electron chi connectivity index (χ3n) is 4.19. The van der Waals surface area contributed by atoms with E-state index < -0.39 is 0 Å². The van der Waals surface area contributed by atoms with Gasteiger partial charge in [0.2, 0.25) is 0 Å². The molecular formula is C19H17ClN6O2. The summed E-state index contributed by atoms with van der Waals surface area (Å²) in [6.45, 7) is 3.63. The molecule has 142 valence electrons.